The molecule has 1 aromatic heterocycles. The lowest BCUT2D eigenvalue weighted by Crippen LogP contribution is -2.30. The first-order chi connectivity index (χ1) is 9.95. The van der Waals surface area contributed by atoms with Crippen LogP contribution >= 0.6 is 0 Å². The predicted octanol–water partition coefficient (Wildman–Crippen LogP) is 4.76. The van der Waals surface area contributed by atoms with E-state index in [0.717, 1.165) is 18.5 Å². The maximum atomic E-state index is 12.4. The molecule has 0 aliphatic carbocycles. The molecule has 0 bridgehead atoms. The highest BCUT2D eigenvalue weighted by molar-refractivity contribution is 5.73. The molecule has 1 atom stereocenters. The van der Waals surface area contributed by atoms with Crippen LogP contribution in [0, 0.1) is 11.3 Å². The topological polar surface area (TPSA) is 39.2 Å². The second-order valence-corrected chi connectivity index (χ2v) is 6.70. The SMILES string of the molecule is CCCCCCC(C(=O)OCc1ccccn1)C(C)(C)C. The second-order valence-electron chi connectivity index (χ2n) is 6.70. The van der Waals surface area contributed by atoms with Crippen molar-refractivity contribution in [2.45, 2.75) is 66.4 Å². The first kappa shape index (κ1) is 17.7. The minimum atomic E-state index is -0.0929. The van der Waals surface area contributed by atoms with E-state index < -0.39 is 0 Å². The number of nitrogens with zero attached hydrogens (tertiary/aromatic N) is 1. The molecule has 0 aliphatic heterocycles. The molecule has 1 aromatic rings. The Bertz CT molecular complexity index is 409. The molecule has 3 heteroatoms. The van der Waals surface area contributed by atoms with Crippen LogP contribution in [0.1, 0.15) is 65.5 Å². The van der Waals surface area contributed by atoms with Gasteiger partial charge in [-0.15, -0.1) is 0 Å². The molecule has 21 heavy (non-hydrogen) atoms. The summed E-state index contributed by atoms with van der Waals surface area (Å²) in [6, 6.07) is 5.64. The van der Waals surface area contributed by atoms with E-state index in [2.05, 4.69) is 32.7 Å². The van der Waals surface area contributed by atoms with Crippen molar-refractivity contribution in [3.05, 3.63) is 30.1 Å². The van der Waals surface area contributed by atoms with Gasteiger partial charge in [-0.25, -0.2) is 0 Å². The summed E-state index contributed by atoms with van der Waals surface area (Å²) in [7, 11) is 0. The quantitative estimate of drug-likeness (QED) is 0.512. The van der Waals surface area contributed by atoms with Crippen LogP contribution in [0.25, 0.3) is 0 Å². The number of rotatable bonds is 8. The highest BCUT2D eigenvalue weighted by atomic mass is 16.5. The van der Waals surface area contributed by atoms with Gasteiger partial charge < -0.3 is 4.74 Å². The number of hydrogen-bond donors (Lipinski definition) is 0. The van der Waals surface area contributed by atoms with Gasteiger partial charge in [0, 0.05) is 6.20 Å². The van der Waals surface area contributed by atoms with Gasteiger partial charge in [-0.05, 0) is 24.0 Å². The average molecular weight is 291 g/mol. The summed E-state index contributed by atoms with van der Waals surface area (Å²) in [5.41, 5.74) is 0.734. The molecule has 1 unspecified atom stereocenters. The summed E-state index contributed by atoms with van der Waals surface area (Å²) in [5, 5.41) is 0. The lowest BCUT2D eigenvalue weighted by molar-refractivity contribution is -0.154. The molecule has 0 fully saturated rings. The summed E-state index contributed by atoms with van der Waals surface area (Å²) >= 11 is 0. The van der Waals surface area contributed by atoms with Crippen molar-refractivity contribution in [2.24, 2.45) is 11.3 Å². The highest BCUT2D eigenvalue weighted by Gasteiger charge is 2.32. The fourth-order valence-electron chi connectivity index (χ4n) is 2.41. The van der Waals surface area contributed by atoms with Gasteiger partial charge in [0.25, 0.3) is 0 Å². The molecule has 3 nitrogen and oxygen atoms in total. The minimum absolute atomic E-state index is 0.0435. The van der Waals surface area contributed by atoms with Crippen LogP contribution in [0.5, 0.6) is 0 Å². The molecule has 1 rings (SSSR count). The van der Waals surface area contributed by atoms with E-state index in [9.17, 15) is 4.79 Å². The number of unbranched alkanes of at least 4 members (excludes halogenated alkanes) is 3. The Kier molecular flexibility index (Phi) is 7.41. The van der Waals surface area contributed by atoms with E-state index in [1.807, 2.05) is 18.2 Å². The van der Waals surface area contributed by atoms with E-state index >= 15 is 0 Å². The third-order valence-corrected chi connectivity index (χ3v) is 3.76. The number of ether oxygens (including phenoxy) is 1. The average Bonchev–Trinajstić information content (AvgIpc) is 2.44. The number of pyridine rings is 1. The van der Waals surface area contributed by atoms with Crippen molar-refractivity contribution in [1.82, 2.24) is 4.98 Å². The van der Waals surface area contributed by atoms with E-state index in [1.54, 1.807) is 6.20 Å². The van der Waals surface area contributed by atoms with Gasteiger partial charge in [0.05, 0.1) is 11.6 Å². The van der Waals surface area contributed by atoms with Crippen molar-refractivity contribution in [2.75, 3.05) is 0 Å². The molecule has 0 amide bonds. The largest absolute Gasteiger partial charge is 0.459 e. The number of carbonyl (C=O) groups excluding carboxylic acids is 1. The zero-order valence-electron chi connectivity index (χ0n) is 13.9. The van der Waals surface area contributed by atoms with Crippen LogP contribution in [0.2, 0.25) is 0 Å². The first-order valence-corrected chi connectivity index (χ1v) is 8.01. The lowest BCUT2D eigenvalue weighted by atomic mass is 9.78. The normalized spacial score (nSPS) is 13.0. The maximum absolute atomic E-state index is 12.4. The van der Waals surface area contributed by atoms with E-state index in [1.165, 1.54) is 19.3 Å². The highest BCUT2D eigenvalue weighted by Crippen LogP contribution is 2.31. The summed E-state index contributed by atoms with van der Waals surface area (Å²) in [6.07, 6.45) is 7.36. The van der Waals surface area contributed by atoms with Crippen LogP contribution in [-0.4, -0.2) is 11.0 Å². The Morgan fingerprint density at radius 3 is 2.57 bits per heavy atom. The van der Waals surface area contributed by atoms with Crippen LogP contribution in [0.15, 0.2) is 24.4 Å². The third-order valence-electron chi connectivity index (χ3n) is 3.76. The van der Waals surface area contributed by atoms with Gasteiger partial charge in [0.1, 0.15) is 6.61 Å². The van der Waals surface area contributed by atoms with Gasteiger partial charge in [-0.1, -0.05) is 59.4 Å². The van der Waals surface area contributed by atoms with Crippen LogP contribution in [0.3, 0.4) is 0 Å². The summed E-state index contributed by atoms with van der Waals surface area (Å²) in [5.74, 6) is -0.136. The van der Waals surface area contributed by atoms with Crippen molar-refractivity contribution >= 4 is 5.97 Å². The summed E-state index contributed by atoms with van der Waals surface area (Å²) in [6.45, 7) is 8.79. The van der Waals surface area contributed by atoms with E-state index in [4.69, 9.17) is 4.74 Å². The van der Waals surface area contributed by atoms with Crippen molar-refractivity contribution in [3.63, 3.8) is 0 Å². The zero-order valence-corrected chi connectivity index (χ0v) is 13.9. The first-order valence-electron chi connectivity index (χ1n) is 8.01. The molecule has 0 radical (unpaired) electrons. The number of carbonyl (C=O) groups is 1. The molecule has 0 spiro atoms. The lowest BCUT2D eigenvalue weighted by Gasteiger charge is -2.28. The Hall–Kier alpha value is -1.38. The molecule has 0 aromatic carbocycles. The molecular weight excluding hydrogens is 262 g/mol. The van der Waals surface area contributed by atoms with Gasteiger partial charge >= 0.3 is 5.97 Å². The maximum Gasteiger partial charge on any atom is 0.309 e. The summed E-state index contributed by atoms with van der Waals surface area (Å²) < 4.78 is 5.47. The van der Waals surface area contributed by atoms with Gasteiger partial charge in [-0.3, -0.25) is 9.78 Å². The number of aromatic nitrogens is 1. The van der Waals surface area contributed by atoms with E-state index in [0.29, 0.717) is 0 Å². The van der Waals surface area contributed by atoms with Crippen LogP contribution < -0.4 is 0 Å². The van der Waals surface area contributed by atoms with Crippen LogP contribution in [0.4, 0.5) is 0 Å². The Morgan fingerprint density at radius 2 is 2.00 bits per heavy atom. The second kappa shape index (κ2) is 8.81. The standard InChI is InChI=1S/C18H29NO2/c1-5-6-7-8-12-16(18(2,3)4)17(20)21-14-15-11-9-10-13-19-15/h9-11,13,16H,5-8,12,14H2,1-4H3. The smallest absolute Gasteiger partial charge is 0.309 e. The Morgan fingerprint density at radius 1 is 1.24 bits per heavy atom. The molecule has 1 heterocycles. The van der Waals surface area contributed by atoms with E-state index in [-0.39, 0.29) is 23.9 Å². The molecular formula is C18H29NO2. The van der Waals surface area contributed by atoms with Gasteiger partial charge in [-0.2, -0.15) is 0 Å². The Labute approximate surface area is 129 Å². The molecule has 0 aliphatic rings. The Balaban J connectivity index is 2.51. The predicted molar refractivity (Wildman–Crippen MR) is 85.7 cm³/mol. The fraction of sp³-hybridized carbons (Fsp3) is 0.667. The minimum Gasteiger partial charge on any atom is -0.459 e. The number of esters is 1. The van der Waals surface area contributed by atoms with Crippen molar-refractivity contribution < 1.29 is 9.53 Å². The summed E-state index contributed by atoms with van der Waals surface area (Å²) in [4.78, 5) is 16.6. The monoisotopic (exact) mass is 291 g/mol. The van der Waals surface area contributed by atoms with Crippen molar-refractivity contribution in [3.8, 4) is 0 Å². The molecule has 0 saturated carbocycles. The molecule has 118 valence electrons. The molecule has 0 saturated heterocycles. The molecule has 0 N–H and O–H groups in total. The van der Waals surface area contributed by atoms with Crippen LogP contribution in [-0.2, 0) is 16.1 Å². The fourth-order valence-corrected chi connectivity index (χ4v) is 2.41. The van der Waals surface area contributed by atoms with Gasteiger partial charge in [0.15, 0.2) is 0 Å². The third kappa shape index (κ3) is 6.74. The van der Waals surface area contributed by atoms with Crippen molar-refractivity contribution in [1.29, 1.82) is 0 Å². The number of hydrogen-bond acceptors (Lipinski definition) is 3. The van der Waals surface area contributed by atoms with Gasteiger partial charge in [0.2, 0.25) is 0 Å². The zero-order chi connectivity index (χ0) is 15.7.